The zero-order valence-corrected chi connectivity index (χ0v) is 10.2. The van der Waals surface area contributed by atoms with Gasteiger partial charge in [0.25, 0.3) is 0 Å². The summed E-state index contributed by atoms with van der Waals surface area (Å²) in [6, 6.07) is 3.61. The van der Waals surface area contributed by atoms with Crippen molar-refractivity contribution in [2.45, 2.75) is 13.8 Å². The zero-order valence-electron chi connectivity index (χ0n) is 9.40. The Bertz CT molecular complexity index is 624. The molecular formula is C11H10ClN5. The molecule has 2 rings (SSSR count). The van der Waals surface area contributed by atoms with E-state index in [0.717, 1.165) is 5.69 Å². The molecule has 0 saturated heterocycles. The summed E-state index contributed by atoms with van der Waals surface area (Å²) in [5.74, 6) is 0.439. The Morgan fingerprint density at radius 1 is 1.47 bits per heavy atom. The Morgan fingerprint density at radius 2 is 2.18 bits per heavy atom. The second-order valence-corrected chi connectivity index (χ2v) is 4.03. The van der Waals surface area contributed by atoms with Gasteiger partial charge in [0.1, 0.15) is 6.07 Å². The Morgan fingerprint density at radius 3 is 2.71 bits per heavy atom. The van der Waals surface area contributed by atoms with Gasteiger partial charge in [-0.2, -0.15) is 10.4 Å². The minimum absolute atomic E-state index is 0.368. The highest BCUT2D eigenvalue weighted by molar-refractivity contribution is 6.31. The van der Waals surface area contributed by atoms with E-state index in [2.05, 4.69) is 10.1 Å². The van der Waals surface area contributed by atoms with E-state index in [1.54, 1.807) is 17.7 Å². The van der Waals surface area contributed by atoms with Gasteiger partial charge in [0, 0.05) is 0 Å². The average Bonchev–Trinajstić information content (AvgIpc) is 2.57. The number of nitriles is 1. The number of nitrogens with zero attached hydrogens (tertiary/aromatic N) is 4. The van der Waals surface area contributed by atoms with E-state index in [4.69, 9.17) is 22.6 Å². The van der Waals surface area contributed by atoms with Crippen LogP contribution < -0.4 is 5.73 Å². The van der Waals surface area contributed by atoms with Crippen LogP contribution in [0.1, 0.15) is 17.0 Å². The van der Waals surface area contributed by atoms with Gasteiger partial charge in [0.15, 0.2) is 5.82 Å². The van der Waals surface area contributed by atoms with E-state index in [1.807, 2.05) is 13.0 Å². The molecule has 86 valence electrons. The molecule has 2 heterocycles. The molecule has 0 fully saturated rings. The van der Waals surface area contributed by atoms with Gasteiger partial charge in [0.05, 0.1) is 33.9 Å². The standard InChI is InChI=1S/C11H10ClN5/c1-6-10(12)7(2)17(16-6)11-8(4-13)3-9(14)5-15-11/h3,5H,14H2,1-2H3. The van der Waals surface area contributed by atoms with E-state index < -0.39 is 0 Å². The zero-order chi connectivity index (χ0) is 12.6. The quantitative estimate of drug-likeness (QED) is 0.836. The molecule has 2 aromatic heterocycles. The van der Waals surface area contributed by atoms with Crippen LogP contribution in [-0.4, -0.2) is 14.8 Å². The van der Waals surface area contributed by atoms with Crippen molar-refractivity contribution in [2.24, 2.45) is 0 Å². The van der Waals surface area contributed by atoms with E-state index in [-0.39, 0.29) is 0 Å². The molecule has 5 nitrogen and oxygen atoms in total. The SMILES string of the molecule is Cc1nn(-c2ncc(N)cc2C#N)c(C)c1Cl. The number of rotatable bonds is 1. The maximum Gasteiger partial charge on any atom is 0.171 e. The number of hydrogen-bond donors (Lipinski definition) is 1. The van der Waals surface area contributed by atoms with E-state index >= 15 is 0 Å². The van der Waals surface area contributed by atoms with Crippen molar-refractivity contribution in [1.82, 2.24) is 14.8 Å². The normalized spacial score (nSPS) is 10.2. The number of pyridine rings is 1. The predicted molar refractivity (Wildman–Crippen MR) is 65.0 cm³/mol. The van der Waals surface area contributed by atoms with Gasteiger partial charge in [0.2, 0.25) is 0 Å². The minimum atomic E-state index is 0.368. The van der Waals surface area contributed by atoms with Crippen LogP contribution in [0, 0.1) is 25.2 Å². The fraction of sp³-hybridized carbons (Fsp3) is 0.182. The van der Waals surface area contributed by atoms with E-state index in [0.29, 0.717) is 27.8 Å². The first-order valence-electron chi connectivity index (χ1n) is 4.92. The molecule has 0 unspecified atom stereocenters. The second-order valence-electron chi connectivity index (χ2n) is 3.65. The molecule has 0 aliphatic heterocycles. The molecule has 0 saturated carbocycles. The molecule has 0 bridgehead atoms. The van der Waals surface area contributed by atoms with Crippen LogP contribution in [0.4, 0.5) is 5.69 Å². The van der Waals surface area contributed by atoms with Crippen LogP contribution in [0.3, 0.4) is 0 Å². The summed E-state index contributed by atoms with van der Waals surface area (Å²) < 4.78 is 1.55. The number of aryl methyl sites for hydroxylation is 1. The smallest absolute Gasteiger partial charge is 0.171 e. The fourth-order valence-corrected chi connectivity index (χ4v) is 1.67. The molecule has 0 aliphatic carbocycles. The third-order valence-electron chi connectivity index (χ3n) is 2.41. The Kier molecular flexibility index (Phi) is 2.74. The van der Waals surface area contributed by atoms with Gasteiger partial charge in [-0.05, 0) is 19.9 Å². The van der Waals surface area contributed by atoms with Crippen LogP contribution >= 0.6 is 11.6 Å². The lowest BCUT2D eigenvalue weighted by Gasteiger charge is -2.05. The number of aromatic nitrogens is 3. The number of nitrogen functional groups attached to an aromatic ring is 1. The monoisotopic (exact) mass is 247 g/mol. The molecular weight excluding hydrogens is 238 g/mol. The highest BCUT2D eigenvalue weighted by Crippen LogP contribution is 2.23. The molecule has 6 heteroatoms. The van der Waals surface area contributed by atoms with Gasteiger partial charge >= 0.3 is 0 Å². The van der Waals surface area contributed by atoms with E-state index in [1.165, 1.54) is 6.20 Å². The molecule has 0 spiro atoms. The van der Waals surface area contributed by atoms with Gasteiger partial charge < -0.3 is 5.73 Å². The lowest BCUT2D eigenvalue weighted by molar-refractivity contribution is 0.803. The van der Waals surface area contributed by atoms with Crippen molar-refractivity contribution in [3.8, 4) is 11.9 Å². The third-order valence-corrected chi connectivity index (χ3v) is 2.96. The van der Waals surface area contributed by atoms with Gasteiger partial charge in [-0.1, -0.05) is 11.6 Å². The van der Waals surface area contributed by atoms with Crippen molar-refractivity contribution in [3.63, 3.8) is 0 Å². The number of halogens is 1. The number of anilines is 1. The summed E-state index contributed by atoms with van der Waals surface area (Å²) in [6.07, 6.45) is 1.49. The van der Waals surface area contributed by atoms with Gasteiger partial charge in [-0.15, -0.1) is 0 Å². The molecule has 0 aromatic carbocycles. The van der Waals surface area contributed by atoms with Crippen LogP contribution in [0.25, 0.3) is 5.82 Å². The maximum absolute atomic E-state index is 9.05. The van der Waals surface area contributed by atoms with Crippen molar-refractivity contribution < 1.29 is 0 Å². The second kappa shape index (κ2) is 4.07. The Balaban J connectivity index is 2.69. The third kappa shape index (κ3) is 1.83. The first kappa shape index (κ1) is 11.4. The summed E-state index contributed by atoms with van der Waals surface area (Å²) in [4.78, 5) is 4.13. The molecule has 2 N–H and O–H groups in total. The lowest BCUT2D eigenvalue weighted by atomic mass is 10.2. The lowest BCUT2D eigenvalue weighted by Crippen LogP contribution is -2.05. The maximum atomic E-state index is 9.05. The topological polar surface area (TPSA) is 80.5 Å². The van der Waals surface area contributed by atoms with Crippen molar-refractivity contribution in [2.75, 3.05) is 5.73 Å². The van der Waals surface area contributed by atoms with Crippen LogP contribution in [0.15, 0.2) is 12.3 Å². The van der Waals surface area contributed by atoms with Crippen molar-refractivity contribution in [3.05, 3.63) is 34.2 Å². The molecule has 0 aliphatic rings. The first-order chi connectivity index (χ1) is 8.04. The van der Waals surface area contributed by atoms with E-state index in [9.17, 15) is 0 Å². The highest BCUT2D eigenvalue weighted by atomic mass is 35.5. The fourth-order valence-electron chi connectivity index (χ4n) is 1.55. The summed E-state index contributed by atoms with van der Waals surface area (Å²) in [6.45, 7) is 3.62. The number of hydrogen-bond acceptors (Lipinski definition) is 4. The Labute approximate surface area is 103 Å². The summed E-state index contributed by atoms with van der Waals surface area (Å²) in [7, 11) is 0. The van der Waals surface area contributed by atoms with Crippen molar-refractivity contribution >= 4 is 17.3 Å². The molecule has 0 radical (unpaired) electrons. The van der Waals surface area contributed by atoms with Gasteiger partial charge in [-0.25, -0.2) is 9.67 Å². The molecule has 17 heavy (non-hydrogen) atoms. The predicted octanol–water partition coefficient (Wildman–Crippen LogP) is 1.99. The van der Waals surface area contributed by atoms with Gasteiger partial charge in [-0.3, -0.25) is 0 Å². The highest BCUT2D eigenvalue weighted by Gasteiger charge is 2.14. The summed E-state index contributed by atoms with van der Waals surface area (Å²) in [5, 5.41) is 13.9. The minimum Gasteiger partial charge on any atom is -0.397 e. The van der Waals surface area contributed by atoms with Crippen LogP contribution in [0.2, 0.25) is 5.02 Å². The Hall–Kier alpha value is -2.06. The summed E-state index contributed by atoms with van der Waals surface area (Å²) in [5.41, 5.74) is 7.84. The molecule has 0 amide bonds. The summed E-state index contributed by atoms with van der Waals surface area (Å²) >= 11 is 6.06. The van der Waals surface area contributed by atoms with Crippen LogP contribution in [0.5, 0.6) is 0 Å². The largest absolute Gasteiger partial charge is 0.397 e. The van der Waals surface area contributed by atoms with Crippen LogP contribution in [-0.2, 0) is 0 Å². The van der Waals surface area contributed by atoms with Crippen molar-refractivity contribution in [1.29, 1.82) is 5.26 Å². The first-order valence-corrected chi connectivity index (χ1v) is 5.30. The number of nitrogens with two attached hydrogens (primary N) is 1. The molecule has 2 aromatic rings. The average molecular weight is 248 g/mol. The molecule has 0 atom stereocenters.